The van der Waals surface area contributed by atoms with Crippen LogP contribution in [0.5, 0.6) is 0 Å². The Morgan fingerprint density at radius 2 is 1.82 bits per heavy atom. The number of aldehydes is 1. The SMILES string of the molecule is C=C(C)[C@@H]1CCC2(C(=O)NCC(O)CO)CC[C@]3(C)C(CCC4[C@@](C)(CC#N)C(C(C)(C)C=O)CC[C@]43C)C12. The quantitative estimate of drug-likeness (QED) is 0.281. The van der Waals surface area contributed by atoms with Crippen LogP contribution in [0.1, 0.15) is 99.3 Å². The van der Waals surface area contributed by atoms with Crippen LogP contribution >= 0.6 is 0 Å². The van der Waals surface area contributed by atoms with E-state index >= 15 is 0 Å². The lowest BCUT2D eigenvalue weighted by Crippen LogP contribution is -2.66. The van der Waals surface area contributed by atoms with Gasteiger partial charge in [0, 0.05) is 18.4 Å². The average Bonchev–Trinajstić information content (AvgIpc) is 3.29. The van der Waals surface area contributed by atoms with Gasteiger partial charge in [-0.15, -0.1) is 0 Å². The molecule has 3 N–H and O–H groups in total. The first kappa shape index (κ1) is 30.3. The molecule has 0 spiro atoms. The maximum absolute atomic E-state index is 13.9. The van der Waals surface area contributed by atoms with E-state index in [4.69, 9.17) is 0 Å². The molecular weight excluding hydrogens is 488 g/mol. The third kappa shape index (κ3) is 4.33. The van der Waals surface area contributed by atoms with Gasteiger partial charge in [0.25, 0.3) is 0 Å². The molecule has 0 aromatic carbocycles. The minimum atomic E-state index is -0.950. The predicted molar refractivity (Wildman–Crippen MR) is 152 cm³/mol. The van der Waals surface area contributed by atoms with Crippen molar-refractivity contribution in [1.29, 1.82) is 5.26 Å². The van der Waals surface area contributed by atoms with E-state index in [-0.39, 0.29) is 47.1 Å². The first-order valence-electron chi connectivity index (χ1n) is 15.2. The third-order valence-corrected chi connectivity index (χ3v) is 13.2. The summed E-state index contributed by atoms with van der Waals surface area (Å²) in [6.45, 7) is 17.5. The Balaban J connectivity index is 1.75. The summed E-state index contributed by atoms with van der Waals surface area (Å²) in [5.41, 5.74) is -0.00330. The number of carbonyl (C=O) groups is 2. The van der Waals surface area contributed by atoms with Crippen LogP contribution in [0.15, 0.2) is 12.2 Å². The molecule has 10 atom stereocenters. The number of carbonyl (C=O) groups excluding carboxylic acids is 2. The lowest BCUT2D eigenvalue weighted by atomic mass is 9.33. The summed E-state index contributed by atoms with van der Waals surface area (Å²) >= 11 is 0. The molecular formula is C33H52N2O4. The van der Waals surface area contributed by atoms with Crippen LogP contribution < -0.4 is 5.32 Å². The molecule has 4 fully saturated rings. The fourth-order valence-electron chi connectivity index (χ4n) is 11.1. The number of nitrogens with zero attached hydrogens (tertiary/aromatic N) is 1. The average molecular weight is 541 g/mol. The molecule has 0 radical (unpaired) electrons. The number of nitrogens with one attached hydrogen (secondary N) is 1. The van der Waals surface area contributed by atoms with E-state index in [2.05, 4.69) is 45.7 Å². The molecule has 0 aromatic heterocycles. The normalized spacial score (nSPS) is 44.2. The molecule has 1 amide bonds. The lowest BCUT2D eigenvalue weighted by Gasteiger charge is -2.71. The highest BCUT2D eigenvalue weighted by atomic mass is 16.3. The van der Waals surface area contributed by atoms with Gasteiger partial charge < -0.3 is 20.3 Å². The molecule has 0 aliphatic heterocycles. The monoisotopic (exact) mass is 540 g/mol. The van der Waals surface area contributed by atoms with E-state index in [0.717, 1.165) is 63.2 Å². The molecule has 6 unspecified atom stereocenters. The first-order valence-corrected chi connectivity index (χ1v) is 15.2. The molecule has 0 bridgehead atoms. The largest absolute Gasteiger partial charge is 0.394 e. The molecule has 6 heteroatoms. The number of hydrogen-bond donors (Lipinski definition) is 3. The van der Waals surface area contributed by atoms with Crippen LogP contribution in [-0.4, -0.2) is 41.7 Å². The Morgan fingerprint density at radius 1 is 1.13 bits per heavy atom. The number of allylic oxidation sites excluding steroid dienone is 1. The minimum Gasteiger partial charge on any atom is -0.394 e. The molecule has 4 saturated carbocycles. The van der Waals surface area contributed by atoms with Crippen molar-refractivity contribution < 1.29 is 19.8 Å². The van der Waals surface area contributed by atoms with Gasteiger partial charge in [0.15, 0.2) is 0 Å². The highest BCUT2D eigenvalue weighted by Crippen LogP contribution is 2.76. The first-order chi connectivity index (χ1) is 18.2. The van der Waals surface area contributed by atoms with Crippen LogP contribution in [0.3, 0.4) is 0 Å². The van der Waals surface area contributed by atoms with Gasteiger partial charge in [-0.2, -0.15) is 5.26 Å². The van der Waals surface area contributed by atoms with E-state index < -0.39 is 16.9 Å². The van der Waals surface area contributed by atoms with Gasteiger partial charge >= 0.3 is 0 Å². The third-order valence-electron chi connectivity index (χ3n) is 13.2. The maximum Gasteiger partial charge on any atom is 0.226 e. The summed E-state index contributed by atoms with van der Waals surface area (Å²) in [6.07, 6.45) is 8.23. The van der Waals surface area contributed by atoms with Crippen LogP contribution in [0.2, 0.25) is 0 Å². The van der Waals surface area contributed by atoms with Gasteiger partial charge in [0.05, 0.1) is 24.2 Å². The second-order valence-electron chi connectivity index (χ2n) is 15.2. The van der Waals surface area contributed by atoms with Gasteiger partial charge in [0.1, 0.15) is 6.29 Å². The van der Waals surface area contributed by atoms with E-state index in [1.807, 2.05) is 13.8 Å². The summed E-state index contributed by atoms with van der Waals surface area (Å²) in [4.78, 5) is 26.1. The Bertz CT molecular complexity index is 1030. The minimum absolute atomic E-state index is 0.00884. The zero-order valence-electron chi connectivity index (χ0n) is 25.2. The van der Waals surface area contributed by atoms with Crippen molar-refractivity contribution in [3.8, 4) is 6.07 Å². The Labute approximate surface area is 236 Å². The van der Waals surface area contributed by atoms with Crippen LogP contribution in [-0.2, 0) is 9.59 Å². The Kier molecular flexibility index (Phi) is 7.98. The fourth-order valence-corrected chi connectivity index (χ4v) is 11.1. The Morgan fingerprint density at radius 3 is 2.41 bits per heavy atom. The highest BCUT2D eigenvalue weighted by Gasteiger charge is 2.71. The van der Waals surface area contributed by atoms with E-state index in [1.165, 1.54) is 0 Å². The zero-order valence-corrected chi connectivity index (χ0v) is 25.2. The smallest absolute Gasteiger partial charge is 0.226 e. The van der Waals surface area contributed by atoms with Crippen LogP contribution in [0.4, 0.5) is 0 Å². The topological polar surface area (TPSA) is 110 Å². The molecule has 218 valence electrons. The van der Waals surface area contributed by atoms with E-state index in [9.17, 15) is 25.1 Å². The number of rotatable bonds is 8. The second-order valence-corrected chi connectivity index (χ2v) is 15.2. The van der Waals surface area contributed by atoms with Crippen molar-refractivity contribution >= 4 is 12.2 Å². The molecule has 0 saturated heterocycles. The summed E-state index contributed by atoms with van der Waals surface area (Å²) in [5.74, 6) is 1.40. The van der Waals surface area contributed by atoms with Crippen molar-refractivity contribution in [2.75, 3.05) is 13.2 Å². The molecule has 0 heterocycles. The van der Waals surface area contributed by atoms with Gasteiger partial charge in [-0.3, -0.25) is 4.79 Å². The second kappa shape index (κ2) is 10.3. The number of hydrogen-bond acceptors (Lipinski definition) is 5. The van der Waals surface area contributed by atoms with Crippen LogP contribution in [0, 0.1) is 68.0 Å². The van der Waals surface area contributed by atoms with Crippen LogP contribution in [0.25, 0.3) is 0 Å². The number of aliphatic hydroxyl groups excluding tert-OH is 2. The maximum atomic E-state index is 13.9. The lowest BCUT2D eigenvalue weighted by molar-refractivity contribution is -0.224. The van der Waals surface area contributed by atoms with Gasteiger partial charge in [-0.05, 0) is 104 Å². The standard InChI is InChI=1S/C33H52N2O4/c1-21(2)23-10-13-33(28(39)35-18-22(38)19-36)15-14-31(6)24(27(23)33)8-9-26-30(5,16-17-34)25(29(3,4)20-37)11-12-32(26,31)7/h20,22-27,36,38H,1,8-16,18-19H2,2-7H3,(H,35,39)/t22?,23-,24?,25?,26?,27?,30-,31+,32+,33?/m0/s1. The summed E-state index contributed by atoms with van der Waals surface area (Å²) < 4.78 is 0. The number of aliphatic hydroxyl groups is 2. The molecule has 4 rings (SSSR count). The van der Waals surface area contributed by atoms with Gasteiger partial charge in [0.2, 0.25) is 5.91 Å². The molecule has 0 aromatic rings. The van der Waals surface area contributed by atoms with Crippen molar-refractivity contribution in [2.45, 2.75) is 105 Å². The molecule has 39 heavy (non-hydrogen) atoms. The van der Waals surface area contributed by atoms with Crippen molar-refractivity contribution in [3.05, 3.63) is 12.2 Å². The number of amides is 1. The predicted octanol–water partition coefficient (Wildman–Crippen LogP) is 5.43. The van der Waals surface area contributed by atoms with E-state index in [0.29, 0.717) is 24.2 Å². The zero-order chi connectivity index (χ0) is 29.0. The fraction of sp³-hybridized carbons (Fsp3) is 0.848. The van der Waals surface area contributed by atoms with Gasteiger partial charge in [-0.25, -0.2) is 0 Å². The molecule has 4 aliphatic rings. The molecule has 4 aliphatic carbocycles. The summed E-state index contributed by atoms with van der Waals surface area (Å²) in [5, 5.41) is 32.3. The molecule has 6 nitrogen and oxygen atoms in total. The van der Waals surface area contributed by atoms with Gasteiger partial charge in [-0.1, -0.05) is 46.8 Å². The van der Waals surface area contributed by atoms with E-state index in [1.54, 1.807) is 0 Å². The number of fused-ring (bicyclic) bond motifs is 5. The van der Waals surface area contributed by atoms with Crippen molar-refractivity contribution in [3.63, 3.8) is 0 Å². The van der Waals surface area contributed by atoms with Crippen molar-refractivity contribution in [2.24, 2.45) is 56.7 Å². The summed E-state index contributed by atoms with van der Waals surface area (Å²) in [7, 11) is 0. The Hall–Kier alpha value is -1.71. The highest BCUT2D eigenvalue weighted by molar-refractivity contribution is 5.84. The van der Waals surface area contributed by atoms with Crippen molar-refractivity contribution in [1.82, 2.24) is 5.32 Å². The summed E-state index contributed by atoms with van der Waals surface area (Å²) in [6, 6.07) is 2.53. The number of nitriles is 1.